The van der Waals surface area contributed by atoms with Gasteiger partial charge in [0.25, 0.3) is 0 Å². The molecule has 1 amide bonds. The second-order valence-electron chi connectivity index (χ2n) is 5.03. The molecule has 6 nitrogen and oxygen atoms in total. The summed E-state index contributed by atoms with van der Waals surface area (Å²) in [6.45, 7) is 0. The number of carbonyl (C=O) groups is 1. The van der Waals surface area contributed by atoms with Gasteiger partial charge in [-0.25, -0.2) is 0 Å². The Labute approximate surface area is 163 Å². The lowest BCUT2D eigenvalue weighted by atomic mass is 10.3. The molecule has 2 aromatic carbocycles. The van der Waals surface area contributed by atoms with E-state index in [1.807, 2.05) is 53.1 Å². The first-order valence-corrected chi connectivity index (χ1v) is 9.45. The van der Waals surface area contributed by atoms with Crippen LogP contribution < -0.4 is 10.1 Å². The largest absolute Gasteiger partial charge is 0.497 e. The summed E-state index contributed by atoms with van der Waals surface area (Å²) in [5.74, 6) is 0.944. The molecule has 0 unspecified atom stereocenters. The van der Waals surface area contributed by atoms with Gasteiger partial charge in [0.1, 0.15) is 12.1 Å². The number of hydrogen-bond donors (Lipinski definition) is 1. The topological polar surface area (TPSA) is 69.0 Å². The van der Waals surface area contributed by atoms with Gasteiger partial charge in [0.05, 0.1) is 12.9 Å². The van der Waals surface area contributed by atoms with Crippen LogP contribution in [0, 0.1) is 3.57 Å². The van der Waals surface area contributed by atoms with Crippen molar-refractivity contribution in [3.63, 3.8) is 0 Å². The van der Waals surface area contributed by atoms with Crippen molar-refractivity contribution in [3.8, 4) is 11.4 Å². The quantitative estimate of drug-likeness (QED) is 0.444. The Bertz CT molecular complexity index is 850. The monoisotopic (exact) mass is 466 g/mol. The molecule has 0 aliphatic carbocycles. The highest BCUT2D eigenvalue weighted by atomic mass is 127. The van der Waals surface area contributed by atoms with E-state index in [4.69, 9.17) is 4.74 Å². The van der Waals surface area contributed by atoms with Gasteiger partial charge < -0.3 is 10.1 Å². The molecular formula is C17H15IN4O2S. The molecule has 128 valence electrons. The fourth-order valence-electron chi connectivity index (χ4n) is 2.10. The van der Waals surface area contributed by atoms with Gasteiger partial charge in [-0.2, -0.15) is 0 Å². The third-order valence-electron chi connectivity index (χ3n) is 3.33. The highest BCUT2D eigenvalue weighted by molar-refractivity contribution is 14.1. The number of ether oxygens (including phenoxy) is 1. The van der Waals surface area contributed by atoms with Crippen molar-refractivity contribution in [1.29, 1.82) is 0 Å². The molecule has 8 heteroatoms. The highest BCUT2D eigenvalue weighted by Gasteiger charge is 2.10. The number of anilines is 1. The van der Waals surface area contributed by atoms with E-state index in [9.17, 15) is 4.79 Å². The maximum absolute atomic E-state index is 12.1. The van der Waals surface area contributed by atoms with E-state index in [2.05, 4.69) is 38.1 Å². The minimum absolute atomic E-state index is 0.0875. The van der Waals surface area contributed by atoms with Crippen LogP contribution in [0.4, 0.5) is 5.69 Å². The van der Waals surface area contributed by atoms with Crippen LogP contribution in [-0.4, -0.2) is 33.5 Å². The molecule has 0 spiro atoms. The second kappa shape index (κ2) is 8.34. The zero-order valence-electron chi connectivity index (χ0n) is 13.3. The number of nitrogens with one attached hydrogen (secondary N) is 1. The van der Waals surface area contributed by atoms with Gasteiger partial charge >= 0.3 is 0 Å². The molecule has 0 atom stereocenters. The minimum Gasteiger partial charge on any atom is -0.497 e. The lowest BCUT2D eigenvalue weighted by Crippen LogP contribution is -2.14. The zero-order valence-corrected chi connectivity index (χ0v) is 16.3. The molecular weight excluding hydrogens is 451 g/mol. The van der Waals surface area contributed by atoms with Crippen LogP contribution in [0.5, 0.6) is 5.75 Å². The minimum atomic E-state index is -0.0875. The third kappa shape index (κ3) is 4.73. The van der Waals surface area contributed by atoms with Crippen molar-refractivity contribution in [3.05, 3.63) is 58.4 Å². The standard InChI is InChI=1S/C17H15IN4O2S/c1-24-15-8-6-14(7-9-15)22-11-19-21-17(22)25-10-16(23)20-13-4-2-12(18)3-5-13/h2-9,11H,10H2,1H3,(H,20,23). The Morgan fingerprint density at radius 1 is 1.20 bits per heavy atom. The molecule has 3 rings (SSSR count). The van der Waals surface area contributed by atoms with E-state index < -0.39 is 0 Å². The van der Waals surface area contributed by atoms with E-state index in [1.54, 1.807) is 13.4 Å². The summed E-state index contributed by atoms with van der Waals surface area (Å²) in [6, 6.07) is 15.2. The van der Waals surface area contributed by atoms with Crippen LogP contribution in [0.25, 0.3) is 5.69 Å². The van der Waals surface area contributed by atoms with E-state index in [0.29, 0.717) is 5.16 Å². The summed E-state index contributed by atoms with van der Waals surface area (Å²) < 4.78 is 8.12. The number of thioether (sulfide) groups is 1. The number of nitrogens with zero attached hydrogens (tertiary/aromatic N) is 3. The number of aromatic nitrogens is 3. The maximum Gasteiger partial charge on any atom is 0.234 e. The fraction of sp³-hybridized carbons (Fsp3) is 0.118. The molecule has 1 N–H and O–H groups in total. The molecule has 0 saturated heterocycles. The summed E-state index contributed by atoms with van der Waals surface area (Å²) in [5.41, 5.74) is 1.69. The number of rotatable bonds is 6. The van der Waals surface area contributed by atoms with Crippen molar-refractivity contribution in [2.24, 2.45) is 0 Å². The molecule has 1 heterocycles. The molecule has 0 bridgehead atoms. The van der Waals surface area contributed by atoms with Gasteiger partial charge in [-0.05, 0) is 71.1 Å². The third-order valence-corrected chi connectivity index (χ3v) is 4.99. The first kappa shape index (κ1) is 17.7. The van der Waals surface area contributed by atoms with Crippen LogP contribution in [0.1, 0.15) is 0 Å². The maximum atomic E-state index is 12.1. The first-order valence-electron chi connectivity index (χ1n) is 7.38. The van der Waals surface area contributed by atoms with Crippen molar-refractivity contribution >= 4 is 45.9 Å². The molecule has 0 radical (unpaired) electrons. The molecule has 0 saturated carbocycles. The van der Waals surface area contributed by atoms with Crippen LogP contribution in [0.15, 0.2) is 60.0 Å². The van der Waals surface area contributed by atoms with Crippen LogP contribution >= 0.6 is 34.4 Å². The lowest BCUT2D eigenvalue weighted by molar-refractivity contribution is -0.113. The lowest BCUT2D eigenvalue weighted by Gasteiger charge is -2.08. The average molecular weight is 466 g/mol. The van der Waals surface area contributed by atoms with Crippen LogP contribution in [0.2, 0.25) is 0 Å². The van der Waals surface area contributed by atoms with E-state index in [0.717, 1.165) is 20.7 Å². The van der Waals surface area contributed by atoms with Crippen molar-refractivity contribution in [2.45, 2.75) is 5.16 Å². The SMILES string of the molecule is COc1ccc(-n2cnnc2SCC(=O)Nc2ccc(I)cc2)cc1. The number of amides is 1. The van der Waals surface area contributed by atoms with E-state index >= 15 is 0 Å². The first-order chi connectivity index (χ1) is 12.2. The summed E-state index contributed by atoms with van der Waals surface area (Å²) in [4.78, 5) is 12.1. The molecule has 0 aliphatic rings. The van der Waals surface area contributed by atoms with Crippen LogP contribution in [-0.2, 0) is 4.79 Å². The van der Waals surface area contributed by atoms with Gasteiger partial charge in [0.2, 0.25) is 5.91 Å². The molecule has 0 fully saturated rings. The average Bonchev–Trinajstić information content (AvgIpc) is 3.10. The van der Waals surface area contributed by atoms with E-state index in [-0.39, 0.29) is 11.7 Å². The molecule has 3 aromatic rings. The Kier molecular flexibility index (Phi) is 5.92. The summed E-state index contributed by atoms with van der Waals surface area (Å²) in [6.07, 6.45) is 1.63. The molecule has 1 aromatic heterocycles. The number of halogens is 1. The predicted octanol–water partition coefficient (Wildman–Crippen LogP) is 3.61. The number of hydrogen-bond acceptors (Lipinski definition) is 5. The smallest absolute Gasteiger partial charge is 0.234 e. The fourth-order valence-corrected chi connectivity index (χ4v) is 3.19. The van der Waals surface area contributed by atoms with Crippen molar-refractivity contribution in [2.75, 3.05) is 18.2 Å². The Morgan fingerprint density at radius 2 is 1.92 bits per heavy atom. The van der Waals surface area contributed by atoms with Crippen molar-refractivity contribution < 1.29 is 9.53 Å². The van der Waals surface area contributed by atoms with E-state index in [1.165, 1.54) is 11.8 Å². The van der Waals surface area contributed by atoms with Gasteiger partial charge in [0.15, 0.2) is 5.16 Å². The summed E-state index contributed by atoms with van der Waals surface area (Å²) in [5, 5.41) is 11.6. The molecule has 25 heavy (non-hydrogen) atoms. The normalized spacial score (nSPS) is 10.5. The van der Waals surface area contributed by atoms with Crippen molar-refractivity contribution in [1.82, 2.24) is 14.8 Å². The number of carbonyl (C=O) groups excluding carboxylic acids is 1. The summed E-state index contributed by atoms with van der Waals surface area (Å²) in [7, 11) is 1.63. The Hall–Kier alpha value is -2.07. The molecule has 0 aliphatic heterocycles. The van der Waals surface area contributed by atoms with Gasteiger partial charge in [-0.1, -0.05) is 11.8 Å². The Morgan fingerprint density at radius 3 is 2.60 bits per heavy atom. The highest BCUT2D eigenvalue weighted by Crippen LogP contribution is 2.21. The Balaban J connectivity index is 1.62. The second-order valence-corrected chi connectivity index (χ2v) is 7.21. The summed E-state index contributed by atoms with van der Waals surface area (Å²) >= 11 is 3.56. The zero-order chi connectivity index (χ0) is 17.6. The van der Waals surface area contributed by atoms with Gasteiger partial charge in [-0.3, -0.25) is 9.36 Å². The van der Waals surface area contributed by atoms with Crippen LogP contribution in [0.3, 0.4) is 0 Å². The van der Waals surface area contributed by atoms with Gasteiger partial charge in [-0.15, -0.1) is 10.2 Å². The number of methoxy groups -OCH3 is 1. The number of benzene rings is 2. The predicted molar refractivity (Wildman–Crippen MR) is 106 cm³/mol. The van der Waals surface area contributed by atoms with Gasteiger partial charge in [0, 0.05) is 14.9 Å².